The van der Waals surface area contributed by atoms with E-state index in [2.05, 4.69) is 25.6 Å². The summed E-state index contributed by atoms with van der Waals surface area (Å²) in [5, 5.41) is 20.6. The van der Waals surface area contributed by atoms with Crippen molar-refractivity contribution in [2.75, 3.05) is 0 Å². The van der Waals surface area contributed by atoms with Crippen LogP contribution in [0, 0.1) is 6.92 Å². The van der Waals surface area contributed by atoms with Crippen LogP contribution >= 0.6 is 23.1 Å². The van der Waals surface area contributed by atoms with E-state index in [1.807, 2.05) is 12.3 Å². The van der Waals surface area contributed by atoms with Crippen LogP contribution < -0.4 is 5.14 Å². The first-order valence-corrected chi connectivity index (χ1v) is 9.18. The standard InChI is InChI=1S/C11H10N6O2S3/c1-6-5-20-11(13-6)21-8-4-7(10-14-16-17-15-10)2-3-9(8)22(12,18)19/h2-5H,1H3,(H2,12,18,19)(H,14,15,16,17). The second-order valence-electron chi connectivity index (χ2n) is 4.31. The Bertz CT molecular complexity index is 904. The van der Waals surface area contributed by atoms with Gasteiger partial charge in [-0.05, 0) is 35.5 Å². The average molecular weight is 354 g/mol. The fourth-order valence-electron chi connectivity index (χ4n) is 1.72. The molecule has 0 unspecified atom stereocenters. The van der Waals surface area contributed by atoms with E-state index in [-0.39, 0.29) is 4.90 Å². The van der Waals surface area contributed by atoms with Gasteiger partial charge in [0.15, 0.2) is 10.2 Å². The lowest BCUT2D eigenvalue weighted by Crippen LogP contribution is -2.13. The number of sulfonamides is 1. The molecule has 2 heterocycles. The monoisotopic (exact) mass is 354 g/mol. The molecule has 3 rings (SSSR count). The largest absolute Gasteiger partial charge is 0.239 e. The first kappa shape index (κ1) is 15.1. The third-order valence-corrected chi connectivity index (χ3v) is 5.88. The zero-order chi connectivity index (χ0) is 15.7. The van der Waals surface area contributed by atoms with Crippen molar-refractivity contribution >= 4 is 33.1 Å². The number of tetrazole rings is 1. The number of aryl methyl sites for hydroxylation is 1. The molecule has 1 aromatic carbocycles. The maximum absolute atomic E-state index is 11.7. The van der Waals surface area contributed by atoms with Crippen molar-refractivity contribution in [2.45, 2.75) is 21.1 Å². The fraction of sp³-hybridized carbons (Fsp3) is 0.0909. The van der Waals surface area contributed by atoms with Crippen LogP contribution in [0.1, 0.15) is 5.69 Å². The van der Waals surface area contributed by atoms with Crippen LogP contribution in [0.25, 0.3) is 11.4 Å². The lowest BCUT2D eigenvalue weighted by Gasteiger charge is -2.07. The maximum Gasteiger partial charge on any atom is 0.239 e. The number of nitrogens with two attached hydrogens (primary N) is 1. The number of nitrogens with zero attached hydrogens (tertiary/aromatic N) is 4. The SMILES string of the molecule is Cc1csc(Sc2cc(-c3nnn[nH]3)ccc2S(N)(=O)=O)n1. The van der Waals surface area contributed by atoms with Gasteiger partial charge in [0.25, 0.3) is 0 Å². The van der Waals surface area contributed by atoms with Crippen molar-refractivity contribution in [3.8, 4) is 11.4 Å². The fourth-order valence-corrected chi connectivity index (χ4v) is 4.65. The average Bonchev–Trinajstić information content (AvgIpc) is 3.09. The first-order chi connectivity index (χ1) is 10.4. The van der Waals surface area contributed by atoms with Gasteiger partial charge in [0.1, 0.15) is 0 Å². The minimum absolute atomic E-state index is 0.0431. The van der Waals surface area contributed by atoms with E-state index in [0.29, 0.717) is 16.3 Å². The molecule has 0 saturated carbocycles. The van der Waals surface area contributed by atoms with Gasteiger partial charge >= 0.3 is 0 Å². The topological polar surface area (TPSA) is 128 Å². The lowest BCUT2D eigenvalue weighted by atomic mass is 10.2. The van der Waals surface area contributed by atoms with Crippen LogP contribution in [0.15, 0.2) is 37.7 Å². The molecule has 0 atom stereocenters. The highest BCUT2D eigenvalue weighted by Crippen LogP contribution is 2.36. The van der Waals surface area contributed by atoms with Crippen molar-refractivity contribution < 1.29 is 8.42 Å². The third kappa shape index (κ3) is 3.16. The highest BCUT2D eigenvalue weighted by Gasteiger charge is 2.18. The summed E-state index contributed by atoms with van der Waals surface area (Å²) in [7, 11) is -3.84. The van der Waals surface area contributed by atoms with Crippen molar-refractivity contribution in [2.24, 2.45) is 5.14 Å². The third-order valence-electron chi connectivity index (χ3n) is 2.66. The first-order valence-electron chi connectivity index (χ1n) is 5.94. The number of hydrogen-bond acceptors (Lipinski definition) is 8. The second-order valence-corrected chi connectivity index (χ2v) is 7.99. The van der Waals surface area contributed by atoms with Crippen LogP contribution in [0.4, 0.5) is 0 Å². The van der Waals surface area contributed by atoms with Crippen LogP contribution in [-0.4, -0.2) is 34.0 Å². The molecule has 0 amide bonds. The van der Waals surface area contributed by atoms with E-state index in [4.69, 9.17) is 5.14 Å². The molecule has 11 heteroatoms. The van der Waals surface area contributed by atoms with Gasteiger partial charge in [0.05, 0.1) is 4.90 Å². The number of rotatable bonds is 4. The highest BCUT2D eigenvalue weighted by molar-refractivity contribution is 8.01. The smallest absolute Gasteiger partial charge is 0.239 e. The molecule has 22 heavy (non-hydrogen) atoms. The van der Waals surface area contributed by atoms with Gasteiger partial charge < -0.3 is 0 Å². The van der Waals surface area contributed by atoms with Crippen LogP contribution in [0.5, 0.6) is 0 Å². The second kappa shape index (κ2) is 5.76. The molecule has 8 nitrogen and oxygen atoms in total. The van der Waals surface area contributed by atoms with E-state index in [9.17, 15) is 8.42 Å². The summed E-state index contributed by atoms with van der Waals surface area (Å²) in [5.74, 6) is 0.443. The Balaban J connectivity index is 2.08. The van der Waals surface area contributed by atoms with Crippen LogP contribution in [-0.2, 0) is 10.0 Å². The zero-order valence-corrected chi connectivity index (χ0v) is 13.7. The summed E-state index contributed by atoms with van der Waals surface area (Å²) in [4.78, 5) is 4.84. The Morgan fingerprint density at radius 1 is 1.36 bits per heavy atom. The molecular formula is C11H10N6O2S3. The van der Waals surface area contributed by atoms with Crippen molar-refractivity contribution in [3.05, 3.63) is 29.3 Å². The molecule has 3 N–H and O–H groups in total. The minimum Gasteiger partial charge on any atom is -0.239 e. The highest BCUT2D eigenvalue weighted by atomic mass is 32.2. The van der Waals surface area contributed by atoms with Crippen molar-refractivity contribution in [3.63, 3.8) is 0 Å². The normalized spacial score (nSPS) is 11.7. The van der Waals surface area contributed by atoms with Crippen LogP contribution in [0.3, 0.4) is 0 Å². The van der Waals surface area contributed by atoms with E-state index in [1.165, 1.54) is 29.2 Å². The minimum atomic E-state index is -3.84. The molecule has 0 fully saturated rings. The molecule has 0 radical (unpaired) electrons. The zero-order valence-electron chi connectivity index (χ0n) is 11.2. The molecule has 3 aromatic rings. The number of nitrogens with one attached hydrogen (secondary N) is 1. The molecule has 0 spiro atoms. The van der Waals surface area contributed by atoms with Gasteiger partial charge in [0, 0.05) is 21.5 Å². The maximum atomic E-state index is 11.7. The molecule has 0 bridgehead atoms. The van der Waals surface area contributed by atoms with E-state index >= 15 is 0 Å². The van der Waals surface area contributed by atoms with E-state index < -0.39 is 10.0 Å². The Morgan fingerprint density at radius 2 is 2.18 bits per heavy atom. The number of aromatic nitrogens is 5. The van der Waals surface area contributed by atoms with Crippen LogP contribution in [0.2, 0.25) is 0 Å². The Hall–Kier alpha value is -1.82. The number of benzene rings is 1. The quantitative estimate of drug-likeness (QED) is 0.725. The van der Waals surface area contributed by atoms with Crippen molar-refractivity contribution in [1.82, 2.24) is 25.6 Å². The molecule has 0 aliphatic rings. The molecule has 114 valence electrons. The van der Waals surface area contributed by atoms with Gasteiger partial charge in [-0.1, -0.05) is 11.8 Å². The Morgan fingerprint density at radius 3 is 2.77 bits per heavy atom. The number of H-pyrrole nitrogens is 1. The number of primary sulfonamides is 1. The molecular weight excluding hydrogens is 344 g/mol. The summed E-state index contributed by atoms with van der Waals surface area (Å²) in [5.41, 5.74) is 1.54. The Kier molecular flexibility index (Phi) is 3.95. The number of hydrogen-bond donors (Lipinski definition) is 2. The van der Waals surface area contributed by atoms with Gasteiger partial charge in [-0.15, -0.1) is 16.4 Å². The Labute approximate surface area is 134 Å². The van der Waals surface area contributed by atoms with Crippen molar-refractivity contribution in [1.29, 1.82) is 0 Å². The molecule has 0 aliphatic heterocycles. The summed E-state index contributed by atoms with van der Waals surface area (Å²) < 4.78 is 24.2. The molecule has 2 aromatic heterocycles. The van der Waals surface area contributed by atoms with E-state index in [1.54, 1.807) is 12.1 Å². The lowest BCUT2D eigenvalue weighted by molar-refractivity contribution is 0.596. The number of thiazole rings is 1. The summed E-state index contributed by atoms with van der Waals surface area (Å²) in [6.07, 6.45) is 0. The summed E-state index contributed by atoms with van der Waals surface area (Å²) in [6, 6.07) is 4.71. The predicted molar refractivity (Wildman–Crippen MR) is 82.0 cm³/mol. The van der Waals surface area contributed by atoms with Gasteiger partial charge in [0.2, 0.25) is 10.0 Å². The van der Waals surface area contributed by atoms with Gasteiger partial charge in [-0.2, -0.15) is 0 Å². The van der Waals surface area contributed by atoms with Gasteiger partial charge in [-0.3, -0.25) is 0 Å². The van der Waals surface area contributed by atoms with E-state index in [0.717, 1.165) is 10.0 Å². The summed E-state index contributed by atoms with van der Waals surface area (Å²) >= 11 is 2.67. The number of aromatic amines is 1. The molecule has 0 aliphatic carbocycles. The molecule has 0 saturated heterocycles. The summed E-state index contributed by atoms with van der Waals surface area (Å²) in [6.45, 7) is 1.87. The predicted octanol–water partition coefficient (Wildman–Crippen LogP) is 1.43. The van der Waals surface area contributed by atoms with Gasteiger partial charge in [-0.25, -0.2) is 23.6 Å².